The highest BCUT2D eigenvalue weighted by molar-refractivity contribution is 7.26. The first-order valence-corrected chi connectivity index (χ1v) is 14.8. The molecule has 3 heterocycles. The summed E-state index contributed by atoms with van der Waals surface area (Å²) in [5.41, 5.74) is 8.55. The van der Waals surface area contributed by atoms with Gasteiger partial charge in [0.05, 0.1) is 16.6 Å². The van der Waals surface area contributed by atoms with Crippen LogP contribution in [0.3, 0.4) is 0 Å². The van der Waals surface area contributed by atoms with Gasteiger partial charge in [0.25, 0.3) is 0 Å². The number of nitrogens with zero attached hydrogens (tertiary/aromatic N) is 2. The minimum absolute atomic E-state index is 1.17. The first-order chi connectivity index (χ1) is 20.3. The highest BCUT2D eigenvalue weighted by Crippen LogP contribution is 2.41. The number of rotatable bonds is 3. The van der Waals surface area contributed by atoms with Crippen molar-refractivity contribution in [2.75, 3.05) is 0 Å². The third-order valence-electron chi connectivity index (χ3n) is 8.36. The third kappa shape index (κ3) is 3.36. The second kappa shape index (κ2) is 8.69. The summed E-state index contributed by atoms with van der Waals surface area (Å²) in [4.78, 5) is 0. The van der Waals surface area contributed by atoms with E-state index in [-0.39, 0.29) is 0 Å². The van der Waals surface area contributed by atoms with Crippen molar-refractivity contribution in [3.8, 4) is 22.5 Å². The van der Waals surface area contributed by atoms with Gasteiger partial charge in [-0.25, -0.2) is 0 Å². The maximum absolute atomic E-state index is 2.41. The molecular formula is C38H24N2S. The predicted octanol–water partition coefficient (Wildman–Crippen LogP) is 10.8. The van der Waals surface area contributed by atoms with Gasteiger partial charge in [0.1, 0.15) is 0 Å². The van der Waals surface area contributed by atoms with Crippen LogP contribution in [0.25, 0.3) is 75.4 Å². The number of fused-ring (bicyclic) bond motifs is 7. The molecule has 0 spiro atoms. The van der Waals surface area contributed by atoms with Gasteiger partial charge in [0.15, 0.2) is 0 Å². The van der Waals surface area contributed by atoms with Gasteiger partial charge in [-0.1, -0.05) is 84.9 Å². The molecule has 9 rings (SSSR count). The summed E-state index contributed by atoms with van der Waals surface area (Å²) in [5, 5.41) is 6.44. The summed E-state index contributed by atoms with van der Waals surface area (Å²) in [7, 11) is 0. The average Bonchev–Trinajstić information content (AvgIpc) is 3.72. The molecular weight excluding hydrogens is 516 g/mol. The van der Waals surface area contributed by atoms with Gasteiger partial charge in [-0.3, -0.25) is 0 Å². The normalized spacial score (nSPS) is 11.9. The largest absolute Gasteiger partial charge is 0.317 e. The zero-order valence-electron chi connectivity index (χ0n) is 22.2. The zero-order valence-corrected chi connectivity index (χ0v) is 23.0. The van der Waals surface area contributed by atoms with Crippen LogP contribution in [0, 0.1) is 0 Å². The van der Waals surface area contributed by atoms with E-state index in [1.54, 1.807) is 0 Å². The smallest absolute Gasteiger partial charge is 0.0548 e. The van der Waals surface area contributed by atoms with Crippen LogP contribution in [0.2, 0.25) is 0 Å². The molecule has 0 aliphatic rings. The molecule has 0 N–H and O–H groups in total. The number of benzene rings is 6. The van der Waals surface area contributed by atoms with Crippen LogP contribution >= 0.6 is 11.3 Å². The van der Waals surface area contributed by atoms with Gasteiger partial charge >= 0.3 is 0 Å². The van der Waals surface area contributed by atoms with Gasteiger partial charge < -0.3 is 9.13 Å². The van der Waals surface area contributed by atoms with Crippen LogP contribution in [-0.2, 0) is 0 Å². The number of hydrogen-bond acceptors (Lipinski definition) is 1. The minimum atomic E-state index is 1.17. The van der Waals surface area contributed by atoms with Crippen LogP contribution in [0.4, 0.5) is 0 Å². The van der Waals surface area contributed by atoms with Crippen molar-refractivity contribution in [1.82, 2.24) is 9.13 Å². The minimum Gasteiger partial charge on any atom is -0.317 e. The molecule has 0 aliphatic heterocycles. The first kappa shape index (κ1) is 22.7. The van der Waals surface area contributed by atoms with Gasteiger partial charge in [-0.2, -0.15) is 0 Å². The number of aromatic nitrogens is 2. The second-order valence-corrected chi connectivity index (χ2v) is 11.7. The van der Waals surface area contributed by atoms with Crippen molar-refractivity contribution in [1.29, 1.82) is 0 Å². The summed E-state index contributed by atoms with van der Waals surface area (Å²) >= 11 is 1.88. The Labute approximate surface area is 240 Å². The molecule has 0 radical (unpaired) electrons. The molecule has 3 heteroatoms. The third-order valence-corrected chi connectivity index (χ3v) is 9.58. The summed E-state index contributed by atoms with van der Waals surface area (Å²) in [6.07, 6.45) is 2.18. The Balaban J connectivity index is 1.23. The summed E-state index contributed by atoms with van der Waals surface area (Å²) in [6.45, 7) is 0. The lowest BCUT2D eigenvalue weighted by atomic mass is 10.0. The van der Waals surface area contributed by atoms with E-state index in [0.717, 1.165) is 0 Å². The van der Waals surface area contributed by atoms with Crippen LogP contribution < -0.4 is 0 Å². The Bertz CT molecular complexity index is 2400. The van der Waals surface area contributed by atoms with Crippen molar-refractivity contribution >= 4 is 64.2 Å². The maximum atomic E-state index is 2.41. The van der Waals surface area contributed by atoms with Gasteiger partial charge in [-0.05, 0) is 65.7 Å². The molecule has 0 saturated heterocycles. The van der Waals surface area contributed by atoms with E-state index in [0.29, 0.717) is 0 Å². The van der Waals surface area contributed by atoms with Gasteiger partial charge in [-0.15, -0.1) is 11.3 Å². The number of thiophene rings is 1. The topological polar surface area (TPSA) is 9.86 Å². The Hall–Kier alpha value is -5.12. The fourth-order valence-corrected chi connectivity index (χ4v) is 7.69. The van der Waals surface area contributed by atoms with Crippen LogP contribution in [-0.4, -0.2) is 9.13 Å². The van der Waals surface area contributed by atoms with Gasteiger partial charge in [0.2, 0.25) is 0 Å². The number of para-hydroxylation sites is 2. The van der Waals surface area contributed by atoms with E-state index < -0.39 is 0 Å². The fraction of sp³-hybridized carbons (Fsp3) is 0. The standard InChI is InChI=1S/C38H24N2S/c1-2-9-27(10-3-1)39-22-21-26-23-36-33(24-35(26)39)30-11-4-6-15-34(30)40(36)28-19-17-25(18-20-28)29-13-8-14-32-31-12-5-7-16-37(31)41-38(29)32/h1-24H. The molecule has 0 bridgehead atoms. The quantitative estimate of drug-likeness (QED) is 0.211. The number of hydrogen-bond donors (Lipinski definition) is 0. The Morgan fingerprint density at radius 3 is 2.10 bits per heavy atom. The average molecular weight is 541 g/mol. The molecule has 0 unspecified atom stereocenters. The Morgan fingerprint density at radius 1 is 0.463 bits per heavy atom. The molecule has 6 aromatic carbocycles. The highest BCUT2D eigenvalue weighted by atomic mass is 32.1. The van der Waals surface area contributed by atoms with Crippen LogP contribution in [0.15, 0.2) is 146 Å². The SMILES string of the molecule is c1ccc(-n2ccc3cc4c(cc32)c2ccccc2n4-c2ccc(-c3cccc4c3sc3ccccc34)cc2)cc1. The summed E-state index contributed by atoms with van der Waals surface area (Å²) < 4.78 is 7.38. The molecule has 9 aromatic rings. The second-order valence-electron chi connectivity index (χ2n) is 10.6. The molecule has 192 valence electrons. The fourth-order valence-electron chi connectivity index (χ4n) is 6.45. The van der Waals surface area contributed by atoms with Crippen LogP contribution in [0.5, 0.6) is 0 Å². The molecule has 0 saturated carbocycles. The molecule has 2 nitrogen and oxygen atoms in total. The molecule has 41 heavy (non-hydrogen) atoms. The van der Waals surface area contributed by atoms with E-state index >= 15 is 0 Å². The molecule has 0 amide bonds. The van der Waals surface area contributed by atoms with Crippen molar-refractivity contribution in [3.05, 3.63) is 146 Å². The van der Waals surface area contributed by atoms with Crippen LogP contribution in [0.1, 0.15) is 0 Å². The highest BCUT2D eigenvalue weighted by Gasteiger charge is 2.16. The molecule has 0 fully saturated rings. The zero-order chi connectivity index (χ0) is 26.9. The molecule has 0 aliphatic carbocycles. The lowest BCUT2D eigenvalue weighted by Gasteiger charge is -2.10. The summed E-state index contributed by atoms with van der Waals surface area (Å²) in [5.74, 6) is 0. The monoisotopic (exact) mass is 540 g/mol. The van der Waals surface area contributed by atoms with E-state index in [1.807, 2.05) is 11.3 Å². The van der Waals surface area contributed by atoms with E-state index in [1.165, 1.54) is 75.4 Å². The maximum Gasteiger partial charge on any atom is 0.0548 e. The van der Waals surface area contributed by atoms with Gasteiger partial charge in [0, 0.05) is 53.9 Å². The Morgan fingerprint density at radius 2 is 1.22 bits per heavy atom. The summed E-state index contributed by atoms with van der Waals surface area (Å²) in [6, 6.07) is 50.7. The molecule has 3 aromatic heterocycles. The Kier molecular flexibility index (Phi) is 4.80. The lowest BCUT2D eigenvalue weighted by molar-refractivity contribution is 1.13. The lowest BCUT2D eigenvalue weighted by Crippen LogP contribution is -1.94. The van der Waals surface area contributed by atoms with E-state index in [2.05, 4.69) is 155 Å². The van der Waals surface area contributed by atoms with E-state index in [9.17, 15) is 0 Å². The van der Waals surface area contributed by atoms with Crippen molar-refractivity contribution < 1.29 is 0 Å². The predicted molar refractivity (Wildman–Crippen MR) is 176 cm³/mol. The van der Waals surface area contributed by atoms with E-state index in [4.69, 9.17) is 0 Å². The first-order valence-electron chi connectivity index (χ1n) is 13.9. The van der Waals surface area contributed by atoms with Crippen molar-refractivity contribution in [2.45, 2.75) is 0 Å². The molecule has 0 atom stereocenters. The van der Waals surface area contributed by atoms with Crippen molar-refractivity contribution in [2.24, 2.45) is 0 Å². The van der Waals surface area contributed by atoms with Crippen molar-refractivity contribution in [3.63, 3.8) is 0 Å².